The number of ether oxygens (including phenoxy) is 1. The highest BCUT2D eigenvalue weighted by molar-refractivity contribution is 6.02. The Morgan fingerprint density at radius 2 is 1.45 bits per heavy atom. The molecule has 1 aliphatic heterocycles. The van der Waals surface area contributed by atoms with E-state index in [9.17, 15) is 0 Å². The lowest BCUT2D eigenvalue weighted by Crippen LogP contribution is -2.29. The van der Waals surface area contributed by atoms with Crippen molar-refractivity contribution in [2.45, 2.75) is 48.0 Å². The number of hydrogen-bond donors (Lipinski definition) is 1. The van der Waals surface area contributed by atoms with E-state index < -0.39 is 0 Å². The van der Waals surface area contributed by atoms with Gasteiger partial charge in [-0.25, -0.2) is 4.58 Å². The highest BCUT2D eigenvalue weighted by Gasteiger charge is 2.19. The molecule has 2 aromatic rings. The second-order valence-electron chi connectivity index (χ2n) is 9.92. The molecular weight excluding hydrogens is 520 g/mol. The van der Waals surface area contributed by atoms with Gasteiger partial charge in [-0.1, -0.05) is 44.2 Å². The van der Waals surface area contributed by atoms with Gasteiger partial charge in [0, 0.05) is 67.7 Å². The zero-order valence-corrected chi connectivity index (χ0v) is 27.5. The number of rotatable bonds is 12. The van der Waals surface area contributed by atoms with Crippen LogP contribution in [0.25, 0.3) is 33.4 Å². The van der Waals surface area contributed by atoms with Gasteiger partial charge in [0.05, 0.1) is 6.07 Å². The summed E-state index contributed by atoms with van der Waals surface area (Å²) in [6, 6.07) is 23.9. The zero-order valence-electron chi connectivity index (χ0n) is 27.5. The Labute approximate surface area is 254 Å². The Balaban J connectivity index is 0.000000438. The molecule has 0 bridgehead atoms. The molecule has 42 heavy (non-hydrogen) atoms. The van der Waals surface area contributed by atoms with Gasteiger partial charge in [-0.05, 0) is 78.0 Å². The normalized spacial score (nSPS) is 10.7. The van der Waals surface area contributed by atoms with E-state index >= 15 is 0 Å². The highest BCUT2D eigenvalue weighted by atomic mass is 16.5. The van der Waals surface area contributed by atoms with E-state index in [1.807, 2.05) is 0 Å². The van der Waals surface area contributed by atoms with E-state index in [2.05, 4.69) is 128 Å². The third-order valence-electron chi connectivity index (χ3n) is 7.73. The topological polar surface area (TPSA) is 57.9 Å². The monoisotopic (exact) mass is 575 g/mol. The third kappa shape index (κ3) is 9.15. The molecule has 1 aliphatic carbocycles. The van der Waals surface area contributed by atoms with Crippen molar-refractivity contribution in [3.8, 4) is 22.5 Å². The molecule has 0 radical (unpaired) electrons. The molecule has 0 atom stereocenters. The van der Waals surface area contributed by atoms with Gasteiger partial charge in [-0.3, -0.25) is 0 Å². The lowest BCUT2D eigenvalue weighted by molar-refractivity contribution is 0.175. The first-order valence-corrected chi connectivity index (χ1v) is 15.7. The fourth-order valence-electron chi connectivity index (χ4n) is 5.33. The van der Waals surface area contributed by atoms with Crippen LogP contribution in [0.1, 0.15) is 48.0 Å². The number of methoxy groups -OCH3 is 1. The lowest BCUT2D eigenvalue weighted by atomic mass is 9.93. The van der Waals surface area contributed by atoms with Crippen LogP contribution in [0.5, 0.6) is 0 Å². The Kier molecular flexibility index (Phi) is 15.9. The fourth-order valence-corrected chi connectivity index (χ4v) is 5.33. The predicted octanol–water partition coefficient (Wildman–Crippen LogP) is 6.80. The molecule has 0 amide bonds. The van der Waals surface area contributed by atoms with Crippen LogP contribution in [0.15, 0.2) is 71.1 Å². The summed E-state index contributed by atoms with van der Waals surface area (Å²) in [5.74, 6) is 0.933. The standard InChI is InChI=1S/C27H31N2O.C8H19NO.CH5N/c1-5-28(6-2)21-14-16-23-25(18-21)30-26-19-22(29(7-3)8-4)15-17-24(26)27(23)20-12-10-9-11-13-20;1-4-9(5-2)7-6-8-10-3;1-2/h9-19H,5-8H2,1-4H3;4-8H2,1-3H3;2H2,1H3/q+1;;. The van der Waals surface area contributed by atoms with Crippen molar-refractivity contribution >= 4 is 16.7 Å². The van der Waals surface area contributed by atoms with E-state index in [0.717, 1.165) is 74.6 Å². The van der Waals surface area contributed by atoms with E-state index in [0.29, 0.717) is 0 Å². The maximum absolute atomic E-state index is 6.51. The van der Waals surface area contributed by atoms with Gasteiger partial charge in [-0.15, -0.1) is 0 Å². The molecule has 0 saturated heterocycles. The van der Waals surface area contributed by atoms with E-state index in [4.69, 9.17) is 9.15 Å². The summed E-state index contributed by atoms with van der Waals surface area (Å²) in [6.45, 7) is 21.4. The Bertz CT molecular complexity index is 1340. The average molecular weight is 576 g/mol. The minimum Gasteiger partial charge on any atom is -0.456 e. The Morgan fingerprint density at radius 1 is 0.786 bits per heavy atom. The molecule has 2 aliphatic rings. The van der Waals surface area contributed by atoms with Crippen molar-refractivity contribution in [1.29, 1.82) is 0 Å². The van der Waals surface area contributed by atoms with Crippen LogP contribution >= 0.6 is 0 Å². The Hall–Kier alpha value is -3.19. The van der Waals surface area contributed by atoms with Gasteiger partial charge >= 0.3 is 0 Å². The van der Waals surface area contributed by atoms with Gasteiger partial charge in [0.1, 0.15) is 24.4 Å². The molecule has 0 spiro atoms. The second-order valence-corrected chi connectivity index (χ2v) is 9.92. The number of anilines is 1. The summed E-state index contributed by atoms with van der Waals surface area (Å²) in [7, 11) is 3.25. The quantitative estimate of drug-likeness (QED) is 0.114. The smallest absolute Gasteiger partial charge is 0.203 e. The molecule has 0 saturated carbocycles. The third-order valence-corrected chi connectivity index (χ3v) is 7.73. The van der Waals surface area contributed by atoms with Gasteiger partial charge in [-0.2, -0.15) is 0 Å². The van der Waals surface area contributed by atoms with Gasteiger partial charge in [0.2, 0.25) is 5.36 Å². The minimum absolute atomic E-state index is 0.885. The molecule has 2 N–H and O–H groups in total. The van der Waals surface area contributed by atoms with Crippen molar-refractivity contribution in [3.63, 3.8) is 0 Å². The first-order valence-electron chi connectivity index (χ1n) is 15.7. The van der Waals surface area contributed by atoms with Gasteiger partial charge < -0.3 is 24.7 Å². The SMILES string of the molecule is CCN(CC)CCCOC.CCN(CC)c1ccc2c(-c3ccccc3)c3ccc(=[N+](CC)CC)cc-3oc2c1.CN. The summed E-state index contributed by atoms with van der Waals surface area (Å²) in [5, 5.41) is 2.36. The lowest BCUT2D eigenvalue weighted by Gasteiger charge is -2.22. The van der Waals surface area contributed by atoms with Crippen molar-refractivity contribution in [3.05, 3.63) is 72.1 Å². The maximum atomic E-state index is 6.51. The number of fused-ring (bicyclic) bond motifs is 2. The van der Waals surface area contributed by atoms with E-state index in [1.54, 1.807) is 7.11 Å². The summed E-state index contributed by atoms with van der Waals surface area (Å²) < 4.78 is 13.8. The molecule has 6 nitrogen and oxygen atoms in total. The van der Waals surface area contributed by atoms with Crippen LogP contribution in [0.3, 0.4) is 0 Å². The summed E-state index contributed by atoms with van der Waals surface area (Å²) in [4.78, 5) is 4.76. The number of benzene rings is 3. The molecule has 0 fully saturated rings. The molecule has 0 aromatic heterocycles. The number of nitrogens with two attached hydrogens (primary N) is 1. The molecule has 0 unspecified atom stereocenters. The highest BCUT2D eigenvalue weighted by Crippen LogP contribution is 2.40. The Morgan fingerprint density at radius 3 is 2.02 bits per heavy atom. The van der Waals surface area contributed by atoms with Crippen molar-refractivity contribution < 1.29 is 9.15 Å². The number of hydrogen-bond acceptors (Lipinski definition) is 5. The van der Waals surface area contributed by atoms with Crippen LogP contribution in [-0.2, 0) is 4.74 Å². The van der Waals surface area contributed by atoms with Crippen LogP contribution in [0.2, 0.25) is 0 Å². The van der Waals surface area contributed by atoms with Crippen molar-refractivity contribution in [2.75, 3.05) is 71.5 Å². The summed E-state index contributed by atoms with van der Waals surface area (Å²) >= 11 is 0. The average Bonchev–Trinajstić information content (AvgIpc) is 3.04. The first-order chi connectivity index (χ1) is 20.5. The van der Waals surface area contributed by atoms with Gasteiger partial charge in [0.25, 0.3) is 0 Å². The zero-order chi connectivity index (χ0) is 30.9. The van der Waals surface area contributed by atoms with Crippen LogP contribution < -0.4 is 20.6 Å². The second kappa shape index (κ2) is 19.1. The van der Waals surface area contributed by atoms with Gasteiger partial charge in [0.15, 0.2) is 0 Å². The molecule has 2 aromatic carbocycles. The van der Waals surface area contributed by atoms with Crippen LogP contribution in [0, 0.1) is 0 Å². The minimum atomic E-state index is 0.885. The van der Waals surface area contributed by atoms with E-state index in [-0.39, 0.29) is 0 Å². The largest absolute Gasteiger partial charge is 0.456 e. The summed E-state index contributed by atoms with van der Waals surface area (Å²) in [6.07, 6.45) is 1.15. The maximum Gasteiger partial charge on any atom is 0.203 e. The fraction of sp³-hybridized carbons (Fsp3) is 0.472. The van der Waals surface area contributed by atoms with Crippen LogP contribution in [0.4, 0.5) is 5.69 Å². The van der Waals surface area contributed by atoms with Crippen molar-refractivity contribution in [2.24, 2.45) is 5.73 Å². The molecule has 230 valence electrons. The molecule has 4 rings (SSSR count). The molecule has 6 heteroatoms. The predicted molar refractivity (Wildman–Crippen MR) is 183 cm³/mol. The summed E-state index contributed by atoms with van der Waals surface area (Å²) in [5.41, 5.74) is 10.2. The number of nitrogens with zero attached hydrogens (tertiary/aromatic N) is 3. The first kappa shape index (κ1) is 35.0. The molecule has 1 heterocycles. The molecular formula is C36H55N4O2+. The van der Waals surface area contributed by atoms with Crippen LogP contribution in [-0.4, -0.2) is 71.5 Å². The van der Waals surface area contributed by atoms with E-state index in [1.165, 1.54) is 35.8 Å². The van der Waals surface area contributed by atoms with Crippen molar-refractivity contribution in [1.82, 2.24) is 9.48 Å².